The zero-order valence-corrected chi connectivity index (χ0v) is 15.0. The van der Waals surface area contributed by atoms with Gasteiger partial charge < -0.3 is 15.0 Å². The molecule has 1 heterocycles. The summed E-state index contributed by atoms with van der Waals surface area (Å²) in [6.45, 7) is 6.73. The molecule has 0 aromatic heterocycles. The van der Waals surface area contributed by atoms with Gasteiger partial charge in [0.2, 0.25) is 0 Å². The number of carbonyl (C=O) groups is 1. The average Bonchev–Trinajstić information content (AvgIpc) is 2.60. The number of nitro benzene ring substituents is 1. The molecule has 1 aliphatic heterocycles. The van der Waals surface area contributed by atoms with Gasteiger partial charge in [-0.2, -0.15) is 11.8 Å². The van der Waals surface area contributed by atoms with Crippen LogP contribution in [0.25, 0.3) is 0 Å². The first-order chi connectivity index (χ1) is 11.3. The van der Waals surface area contributed by atoms with E-state index < -0.39 is 4.92 Å². The Kier molecular flexibility index (Phi) is 6.06. The highest BCUT2D eigenvalue weighted by Crippen LogP contribution is 2.28. The number of nitrogens with one attached hydrogen (secondary N) is 1. The molecule has 0 radical (unpaired) electrons. The molecule has 132 valence electrons. The molecular weight excluding hydrogens is 330 g/mol. The molecule has 0 saturated carbocycles. The van der Waals surface area contributed by atoms with Crippen molar-refractivity contribution in [2.75, 3.05) is 44.4 Å². The first-order valence-corrected chi connectivity index (χ1v) is 9.01. The molecule has 1 aromatic carbocycles. The predicted octanol–water partition coefficient (Wildman–Crippen LogP) is 2.62. The van der Waals surface area contributed by atoms with Gasteiger partial charge in [-0.15, -0.1) is 0 Å². The fourth-order valence-electron chi connectivity index (χ4n) is 2.29. The first-order valence-electron chi connectivity index (χ1n) is 7.78. The van der Waals surface area contributed by atoms with Gasteiger partial charge in [-0.3, -0.25) is 14.9 Å². The summed E-state index contributed by atoms with van der Waals surface area (Å²) in [5, 5.41) is 14.5. The first kappa shape index (κ1) is 18.5. The second-order valence-corrected chi connectivity index (χ2v) is 7.72. The van der Waals surface area contributed by atoms with E-state index in [0.29, 0.717) is 44.1 Å². The number of rotatable bonds is 6. The lowest BCUT2D eigenvalue weighted by molar-refractivity contribution is -0.384. The third kappa shape index (κ3) is 4.61. The summed E-state index contributed by atoms with van der Waals surface area (Å²) in [6, 6.07) is 4.60. The topological polar surface area (TPSA) is 84.7 Å². The van der Waals surface area contributed by atoms with Gasteiger partial charge in [0, 0.05) is 36.0 Å². The quantitative estimate of drug-likeness (QED) is 0.625. The number of anilines is 1. The highest BCUT2D eigenvalue weighted by atomic mass is 32.2. The lowest BCUT2D eigenvalue weighted by atomic mass is 10.1. The molecule has 24 heavy (non-hydrogen) atoms. The maximum absolute atomic E-state index is 12.5. The number of carbonyl (C=O) groups excluding carboxylic acids is 1. The molecule has 7 nitrogen and oxygen atoms in total. The second kappa shape index (κ2) is 7.85. The number of nitrogens with zero attached hydrogens (tertiary/aromatic N) is 2. The normalized spacial score (nSPS) is 15.2. The molecule has 0 spiro atoms. The van der Waals surface area contributed by atoms with Crippen molar-refractivity contribution in [1.82, 2.24) is 4.90 Å². The number of hydrogen-bond acceptors (Lipinski definition) is 6. The summed E-state index contributed by atoms with van der Waals surface area (Å²) in [4.78, 5) is 25.1. The lowest BCUT2D eigenvalue weighted by Gasteiger charge is -2.27. The van der Waals surface area contributed by atoms with Crippen LogP contribution in [0.15, 0.2) is 18.2 Å². The number of thioether (sulfide) groups is 1. The molecule has 0 atom stereocenters. The summed E-state index contributed by atoms with van der Waals surface area (Å²) in [5.41, 5.74) is 0.685. The zero-order chi connectivity index (χ0) is 17.7. The largest absolute Gasteiger partial charge is 0.378 e. The SMILES string of the molecule is CSC(C)(C)CNc1ccc(C(=O)N2CCOCC2)cc1[N+](=O)[O-]. The molecule has 1 N–H and O–H groups in total. The van der Waals surface area contributed by atoms with E-state index in [2.05, 4.69) is 19.2 Å². The van der Waals surface area contributed by atoms with Gasteiger partial charge >= 0.3 is 0 Å². The van der Waals surface area contributed by atoms with Crippen molar-refractivity contribution in [1.29, 1.82) is 0 Å². The molecule has 1 amide bonds. The molecule has 1 aromatic rings. The average molecular weight is 353 g/mol. The van der Waals surface area contributed by atoms with Crippen molar-refractivity contribution in [3.8, 4) is 0 Å². The second-order valence-electron chi connectivity index (χ2n) is 6.21. The fraction of sp³-hybridized carbons (Fsp3) is 0.562. The molecule has 1 fully saturated rings. The molecule has 1 saturated heterocycles. The number of hydrogen-bond donors (Lipinski definition) is 1. The van der Waals surface area contributed by atoms with Gasteiger partial charge in [-0.25, -0.2) is 0 Å². The Bertz CT molecular complexity index is 615. The smallest absolute Gasteiger partial charge is 0.293 e. The highest BCUT2D eigenvalue weighted by molar-refractivity contribution is 7.99. The standard InChI is InChI=1S/C16H23N3O4S/c1-16(2,24-3)11-17-13-5-4-12(10-14(13)19(21)22)15(20)18-6-8-23-9-7-18/h4-5,10,17H,6-9,11H2,1-3H3. The summed E-state index contributed by atoms with van der Waals surface area (Å²) in [5.74, 6) is -0.197. The van der Waals surface area contributed by atoms with Crippen molar-refractivity contribution < 1.29 is 14.5 Å². The Labute approximate surface area is 145 Å². The Morgan fingerprint density at radius 3 is 2.67 bits per heavy atom. The number of nitro groups is 1. The molecular formula is C16H23N3O4S. The number of benzene rings is 1. The Balaban J connectivity index is 2.19. The van der Waals surface area contributed by atoms with E-state index in [1.165, 1.54) is 6.07 Å². The van der Waals surface area contributed by atoms with Crippen LogP contribution in [0.2, 0.25) is 0 Å². The zero-order valence-electron chi connectivity index (χ0n) is 14.2. The van der Waals surface area contributed by atoms with E-state index in [4.69, 9.17) is 4.74 Å². The summed E-state index contributed by atoms with van der Waals surface area (Å²) in [6.07, 6.45) is 2.00. The van der Waals surface area contributed by atoms with Crippen molar-refractivity contribution in [2.24, 2.45) is 0 Å². The summed E-state index contributed by atoms with van der Waals surface area (Å²) < 4.78 is 5.18. The van der Waals surface area contributed by atoms with E-state index in [-0.39, 0.29) is 16.3 Å². The van der Waals surface area contributed by atoms with E-state index in [1.807, 2.05) is 6.26 Å². The van der Waals surface area contributed by atoms with Crippen LogP contribution in [0.4, 0.5) is 11.4 Å². The van der Waals surface area contributed by atoms with Crippen LogP contribution < -0.4 is 5.32 Å². The van der Waals surface area contributed by atoms with Crippen LogP contribution in [0, 0.1) is 10.1 Å². The van der Waals surface area contributed by atoms with Gasteiger partial charge in [0.25, 0.3) is 11.6 Å². The summed E-state index contributed by atoms with van der Waals surface area (Å²) in [7, 11) is 0. The van der Waals surface area contributed by atoms with Gasteiger partial charge in [-0.05, 0) is 32.2 Å². The van der Waals surface area contributed by atoms with Crippen LogP contribution in [0.3, 0.4) is 0 Å². The third-order valence-corrected chi connectivity index (χ3v) is 5.25. The maximum Gasteiger partial charge on any atom is 0.293 e. The number of amides is 1. The van der Waals surface area contributed by atoms with Crippen molar-refractivity contribution >= 4 is 29.0 Å². The molecule has 1 aliphatic rings. The van der Waals surface area contributed by atoms with Crippen LogP contribution in [-0.4, -0.2) is 59.6 Å². The number of ether oxygens (including phenoxy) is 1. The fourth-order valence-corrected chi connectivity index (χ4v) is 2.51. The predicted molar refractivity (Wildman–Crippen MR) is 95.9 cm³/mol. The van der Waals surface area contributed by atoms with Gasteiger partial charge in [0.05, 0.1) is 18.1 Å². The van der Waals surface area contributed by atoms with E-state index >= 15 is 0 Å². The Morgan fingerprint density at radius 2 is 2.08 bits per heavy atom. The van der Waals surface area contributed by atoms with Gasteiger partial charge in [0.1, 0.15) is 5.69 Å². The maximum atomic E-state index is 12.5. The molecule has 0 unspecified atom stereocenters. The van der Waals surface area contributed by atoms with Crippen LogP contribution in [-0.2, 0) is 4.74 Å². The van der Waals surface area contributed by atoms with Crippen LogP contribution in [0.1, 0.15) is 24.2 Å². The molecule has 2 rings (SSSR count). The van der Waals surface area contributed by atoms with E-state index in [0.717, 1.165) is 0 Å². The van der Waals surface area contributed by atoms with E-state index in [9.17, 15) is 14.9 Å². The van der Waals surface area contributed by atoms with Crippen molar-refractivity contribution in [3.63, 3.8) is 0 Å². The summed E-state index contributed by atoms with van der Waals surface area (Å²) >= 11 is 1.68. The Morgan fingerprint density at radius 1 is 1.42 bits per heavy atom. The van der Waals surface area contributed by atoms with Crippen LogP contribution in [0.5, 0.6) is 0 Å². The van der Waals surface area contributed by atoms with Gasteiger partial charge in [0.15, 0.2) is 0 Å². The minimum absolute atomic E-state index is 0.0455. The molecule has 0 bridgehead atoms. The third-order valence-electron chi connectivity index (χ3n) is 4.00. The Hall–Kier alpha value is -1.80. The van der Waals surface area contributed by atoms with Crippen LogP contribution >= 0.6 is 11.8 Å². The monoisotopic (exact) mass is 353 g/mol. The molecule has 8 heteroatoms. The minimum Gasteiger partial charge on any atom is -0.378 e. The van der Waals surface area contributed by atoms with Gasteiger partial charge in [-0.1, -0.05) is 0 Å². The van der Waals surface area contributed by atoms with Crippen molar-refractivity contribution in [3.05, 3.63) is 33.9 Å². The van der Waals surface area contributed by atoms with Crippen molar-refractivity contribution in [2.45, 2.75) is 18.6 Å². The highest BCUT2D eigenvalue weighted by Gasteiger charge is 2.24. The van der Waals surface area contributed by atoms with E-state index in [1.54, 1.807) is 28.8 Å². The minimum atomic E-state index is -0.454. The lowest BCUT2D eigenvalue weighted by Crippen LogP contribution is -2.40. The molecule has 0 aliphatic carbocycles. The number of morpholine rings is 1.